The van der Waals surface area contributed by atoms with Gasteiger partial charge in [0, 0.05) is 16.5 Å². The lowest BCUT2D eigenvalue weighted by atomic mass is 10.0. The third-order valence-corrected chi connectivity index (χ3v) is 4.06. The van der Waals surface area contributed by atoms with Gasteiger partial charge in [-0.3, -0.25) is 0 Å². The van der Waals surface area contributed by atoms with Crippen LogP contribution in [0.3, 0.4) is 0 Å². The van der Waals surface area contributed by atoms with E-state index in [-0.39, 0.29) is 0 Å². The first kappa shape index (κ1) is 14.2. The largest absolute Gasteiger partial charge is 0.427 e. The van der Waals surface area contributed by atoms with Gasteiger partial charge in [0.2, 0.25) is 0 Å². The molecule has 1 N–H and O–H groups in total. The van der Waals surface area contributed by atoms with Crippen molar-refractivity contribution >= 4 is 11.0 Å². The Kier molecular flexibility index (Phi) is 3.35. The Hall–Kier alpha value is -3.40. The first-order valence-electron chi connectivity index (χ1n) is 7.68. The fraction of sp³-hybridized carbons (Fsp3) is 0. The molecule has 0 saturated heterocycles. The third kappa shape index (κ3) is 2.16. The molecule has 0 bridgehead atoms. The van der Waals surface area contributed by atoms with Gasteiger partial charge in [0.25, 0.3) is 11.2 Å². The van der Waals surface area contributed by atoms with Crippen LogP contribution in [0.1, 0.15) is 0 Å². The molecule has 0 spiro atoms. The van der Waals surface area contributed by atoms with Crippen LogP contribution in [0.25, 0.3) is 33.5 Å². The predicted molar refractivity (Wildman–Crippen MR) is 93.4 cm³/mol. The van der Waals surface area contributed by atoms with Gasteiger partial charge in [-0.2, -0.15) is 4.73 Å². The monoisotopic (exact) mass is 315 g/mol. The zero-order chi connectivity index (χ0) is 16.5. The highest BCUT2D eigenvalue weighted by molar-refractivity contribution is 5.82. The maximum Gasteiger partial charge on any atom is 0.298 e. The molecule has 4 aromatic rings. The SMILES string of the molecule is O=[n+]1c(-c2ccccc2)c(-c2ccccc2)n(O)c2ccccc21. The molecule has 3 aromatic carbocycles. The molecule has 0 aliphatic rings. The number of aromatic nitrogens is 2. The van der Waals surface area contributed by atoms with Crippen LogP contribution < -0.4 is 4.43 Å². The summed E-state index contributed by atoms with van der Waals surface area (Å²) in [6.45, 7) is 0. The first-order valence-corrected chi connectivity index (χ1v) is 7.68. The summed E-state index contributed by atoms with van der Waals surface area (Å²) in [5.74, 6) is 0. The summed E-state index contributed by atoms with van der Waals surface area (Å²) in [4.78, 5) is 13.1. The smallest absolute Gasteiger partial charge is 0.298 e. The molecule has 1 aromatic heterocycles. The fourth-order valence-electron chi connectivity index (χ4n) is 2.96. The van der Waals surface area contributed by atoms with E-state index in [2.05, 4.69) is 0 Å². The van der Waals surface area contributed by atoms with Gasteiger partial charge in [-0.1, -0.05) is 60.7 Å². The van der Waals surface area contributed by atoms with Crippen molar-refractivity contribution in [1.29, 1.82) is 0 Å². The summed E-state index contributed by atoms with van der Waals surface area (Å²) < 4.78 is 1.99. The Morgan fingerprint density at radius 2 is 1.25 bits per heavy atom. The number of para-hydroxylation sites is 2. The van der Waals surface area contributed by atoms with Crippen molar-refractivity contribution in [2.45, 2.75) is 0 Å². The molecule has 0 saturated carbocycles. The Bertz CT molecular complexity index is 1070. The van der Waals surface area contributed by atoms with Crippen LogP contribution in [-0.2, 0) is 0 Å². The molecule has 0 atom stereocenters. The maximum absolute atomic E-state index is 13.1. The van der Waals surface area contributed by atoms with Crippen LogP contribution in [-0.4, -0.2) is 9.94 Å². The van der Waals surface area contributed by atoms with Gasteiger partial charge in [0.1, 0.15) is 0 Å². The molecule has 0 radical (unpaired) electrons. The predicted octanol–water partition coefficient (Wildman–Crippen LogP) is 4.13. The van der Waals surface area contributed by atoms with Crippen LogP contribution in [0, 0.1) is 4.91 Å². The molecule has 0 fully saturated rings. The molecule has 4 rings (SSSR count). The van der Waals surface area contributed by atoms with Crippen molar-refractivity contribution < 1.29 is 9.63 Å². The molecule has 4 heteroatoms. The van der Waals surface area contributed by atoms with E-state index in [0.717, 1.165) is 20.3 Å². The van der Waals surface area contributed by atoms with E-state index in [1.807, 2.05) is 60.7 Å². The van der Waals surface area contributed by atoms with E-state index in [0.29, 0.717) is 22.4 Å². The molecule has 116 valence electrons. The van der Waals surface area contributed by atoms with Crippen molar-refractivity contribution in [2.24, 2.45) is 0 Å². The van der Waals surface area contributed by atoms with Gasteiger partial charge >= 0.3 is 0 Å². The second-order valence-corrected chi connectivity index (χ2v) is 5.52. The van der Waals surface area contributed by atoms with Crippen LogP contribution in [0.15, 0.2) is 84.9 Å². The zero-order valence-electron chi connectivity index (χ0n) is 12.8. The summed E-state index contributed by atoms with van der Waals surface area (Å²) >= 11 is 0. The molecule has 0 amide bonds. The summed E-state index contributed by atoms with van der Waals surface area (Å²) in [5.41, 5.74) is 3.29. The van der Waals surface area contributed by atoms with Gasteiger partial charge in [0.15, 0.2) is 11.2 Å². The molecule has 0 unspecified atom stereocenters. The van der Waals surface area contributed by atoms with Crippen molar-refractivity contribution in [3.63, 3.8) is 0 Å². The molecule has 1 heterocycles. The van der Waals surface area contributed by atoms with Crippen LogP contribution in [0.5, 0.6) is 0 Å². The van der Waals surface area contributed by atoms with Crippen molar-refractivity contribution in [3.8, 4) is 22.5 Å². The van der Waals surface area contributed by atoms with Crippen molar-refractivity contribution in [1.82, 2.24) is 4.73 Å². The minimum atomic E-state index is 0.415. The minimum Gasteiger partial charge on any atom is -0.427 e. The molecular weight excluding hydrogens is 300 g/mol. The molecular formula is C20H15N2O2+. The number of hydrogen-bond donors (Lipinski definition) is 1. The Balaban J connectivity index is 2.21. The van der Waals surface area contributed by atoms with Gasteiger partial charge < -0.3 is 5.21 Å². The highest BCUT2D eigenvalue weighted by Crippen LogP contribution is 2.30. The van der Waals surface area contributed by atoms with E-state index in [1.165, 1.54) is 0 Å². The summed E-state index contributed by atoms with van der Waals surface area (Å²) in [6.07, 6.45) is 0. The standard InChI is InChI=1S/C20H15N2O2/c23-21-17-13-7-8-14-18(17)22(24)20(16-11-5-2-6-12-16)19(21)15-9-3-1-4-10-15/h1-14,23H/q+1. The Morgan fingerprint density at radius 3 is 1.92 bits per heavy atom. The molecule has 4 nitrogen and oxygen atoms in total. The van der Waals surface area contributed by atoms with Gasteiger partial charge in [0.05, 0.1) is 9.99 Å². The quantitative estimate of drug-likeness (QED) is 0.447. The van der Waals surface area contributed by atoms with Gasteiger partial charge in [-0.25, -0.2) is 0 Å². The van der Waals surface area contributed by atoms with Gasteiger partial charge in [-0.05, 0) is 18.2 Å². The highest BCUT2D eigenvalue weighted by atomic mass is 16.5. The lowest BCUT2D eigenvalue weighted by Crippen LogP contribution is -2.24. The zero-order valence-corrected chi connectivity index (χ0v) is 12.8. The Labute approximate surface area is 138 Å². The number of benzene rings is 3. The second kappa shape index (κ2) is 5.66. The third-order valence-electron chi connectivity index (χ3n) is 4.06. The number of hydrogen-bond acceptors (Lipinski definition) is 2. The minimum absolute atomic E-state index is 0.415. The summed E-state index contributed by atoms with van der Waals surface area (Å²) in [6, 6.07) is 25.8. The maximum atomic E-state index is 13.1. The second-order valence-electron chi connectivity index (χ2n) is 5.52. The molecule has 0 aliphatic carbocycles. The number of rotatable bonds is 2. The fourth-order valence-corrected chi connectivity index (χ4v) is 2.96. The number of nitrogens with zero attached hydrogens (tertiary/aromatic N) is 2. The molecule has 0 aliphatic heterocycles. The van der Waals surface area contributed by atoms with Gasteiger partial charge in [-0.15, -0.1) is 0 Å². The lowest BCUT2D eigenvalue weighted by molar-refractivity contribution is -0.451. The lowest BCUT2D eigenvalue weighted by Gasteiger charge is -2.10. The van der Waals surface area contributed by atoms with Crippen molar-refractivity contribution in [3.05, 3.63) is 89.8 Å². The van der Waals surface area contributed by atoms with E-state index in [1.54, 1.807) is 24.3 Å². The van der Waals surface area contributed by atoms with Crippen molar-refractivity contribution in [2.75, 3.05) is 0 Å². The van der Waals surface area contributed by atoms with Crippen LogP contribution in [0.2, 0.25) is 0 Å². The highest BCUT2D eigenvalue weighted by Gasteiger charge is 2.27. The van der Waals surface area contributed by atoms with Crippen LogP contribution in [0.4, 0.5) is 0 Å². The van der Waals surface area contributed by atoms with E-state index >= 15 is 0 Å². The average molecular weight is 315 g/mol. The topological polar surface area (TPSA) is 48.1 Å². The molecule has 24 heavy (non-hydrogen) atoms. The Morgan fingerprint density at radius 1 is 0.708 bits per heavy atom. The van der Waals surface area contributed by atoms with E-state index in [9.17, 15) is 10.1 Å². The first-order chi connectivity index (χ1) is 11.8. The summed E-state index contributed by atoms with van der Waals surface area (Å²) in [7, 11) is 0. The van der Waals surface area contributed by atoms with Crippen LogP contribution >= 0.6 is 0 Å². The summed E-state index contributed by atoms with van der Waals surface area (Å²) in [5, 5.41) is 10.8. The normalized spacial score (nSPS) is 10.8. The van der Waals surface area contributed by atoms with E-state index in [4.69, 9.17) is 0 Å². The average Bonchev–Trinajstić information content (AvgIpc) is 2.66. The number of fused-ring (bicyclic) bond motifs is 1. The van der Waals surface area contributed by atoms with E-state index < -0.39 is 0 Å².